The average Bonchev–Trinajstić information content (AvgIpc) is 3.16. The molecule has 1 fully saturated rings. The van der Waals surface area contributed by atoms with Crippen molar-refractivity contribution in [3.05, 3.63) is 35.0 Å². The maximum absolute atomic E-state index is 12.9. The van der Waals surface area contributed by atoms with Gasteiger partial charge in [-0.3, -0.25) is 4.79 Å². The minimum atomic E-state index is -0.232. The standard InChI is InChI=1S/C23H33N5O3/c1-13(2)20-7-17(27-31-20)21(29)25-18-8-23(5,6)9-19-16(18)10-24-22(26-19)28-11-14(3)30-15(4)12-28/h7,10,13-15,18H,8-9,11-12H2,1-6H3,(H,25,29)/t14-,15+,18-/m1/s1. The van der Waals surface area contributed by atoms with E-state index in [2.05, 4.69) is 48.1 Å². The third kappa shape index (κ3) is 4.74. The Morgan fingerprint density at radius 1 is 1.26 bits per heavy atom. The minimum Gasteiger partial charge on any atom is -0.372 e. The third-order valence-corrected chi connectivity index (χ3v) is 6.00. The minimum absolute atomic E-state index is 0.00901. The Morgan fingerprint density at radius 2 is 1.97 bits per heavy atom. The summed E-state index contributed by atoms with van der Waals surface area (Å²) in [4.78, 5) is 24.6. The van der Waals surface area contributed by atoms with Gasteiger partial charge in [0.2, 0.25) is 5.95 Å². The second-order valence-electron chi connectivity index (χ2n) is 10.1. The van der Waals surface area contributed by atoms with Crippen LogP contribution in [0, 0.1) is 5.41 Å². The van der Waals surface area contributed by atoms with E-state index in [1.807, 2.05) is 20.0 Å². The smallest absolute Gasteiger partial charge is 0.273 e. The quantitative estimate of drug-likeness (QED) is 0.796. The maximum Gasteiger partial charge on any atom is 0.273 e. The van der Waals surface area contributed by atoms with E-state index < -0.39 is 0 Å². The highest BCUT2D eigenvalue weighted by Crippen LogP contribution is 2.40. The summed E-state index contributed by atoms with van der Waals surface area (Å²) in [5.74, 6) is 1.39. The Kier molecular flexibility index (Phi) is 5.77. The van der Waals surface area contributed by atoms with Crippen molar-refractivity contribution < 1.29 is 14.1 Å². The highest BCUT2D eigenvalue weighted by molar-refractivity contribution is 5.92. The number of rotatable bonds is 4. The molecule has 2 aromatic heterocycles. The zero-order valence-electron chi connectivity index (χ0n) is 19.3. The van der Waals surface area contributed by atoms with Crippen molar-refractivity contribution in [3.8, 4) is 0 Å². The lowest BCUT2D eigenvalue weighted by Gasteiger charge is -2.38. The predicted molar refractivity (Wildman–Crippen MR) is 117 cm³/mol. The van der Waals surface area contributed by atoms with Gasteiger partial charge in [0.15, 0.2) is 5.69 Å². The highest BCUT2D eigenvalue weighted by atomic mass is 16.5. The number of hydrogen-bond donors (Lipinski definition) is 1. The van der Waals surface area contributed by atoms with Crippen molar-refractivity contribution in [1.82, 2.24) is 20.4 Å². The van der Waals surface area contributed by atoms with Gasteiger partial charge in [0.25, 0.3) is 5.91 Å². The molecular formula is C23H33N5O3. The van der Waals surface area contributed by atoms with Crippen LogP contribution in [0.1, 0.15) is 87.4 Å². The normalized spacial score (nSPS) is 25.4. The summed E-state index contributed by atoms with van der Waals surface area (Å²) in [6, 6.07) is 1.55. The van der Waals surface area contributed by atoms with Crippen LogP contribution >= 0.6 is 0 Å². The van der Waals surface area contributed by atoms with E-state index >= 15 is 0 Å². The molecule has 168 valence electrons. The number of hydrogen-bond acceptors (Lipinski definition) is 7. The Labute approximate surface area is 183 Å². The van der Waals surface area contributed by atoms with Crippen LogP contribution in [0.25, 0.3) is 0 Å². The summed E-state index contributed by atoms with van der Waals surface area (Å²) in [6.45, 7) is 14.1. The van der Waals surface area contributed by atoms with Crippen LogP contribution in [0.5, 0.6) is 0 Å². The van der Waals surface area contributed by atoms with E-state index in [-0.39, 0.29) is 35.5 Å². The SMILES string of the molecule is CC(C)c1cc(C(=O)N[C@@H]2CC(C)(C)Cc3nc(N4C[C@@H](C)O[C@@H](C)C4)ncc32)no1. The second kappa shape index (κ2) is 8.22. The number of morpholine rings is 1. The lowest BCUT2D eigenvalue weighted by molar-refractivity contribution is -0.00575. The van der Waals surface area contributed by atoms with Gasteiger partial charge in [0.1, 0.15) is 5.76 Å². The molecular weight excluding hydrogens is 394 g/mol. The van der Waals surface area contributed by atoms with Crippen LogP contribution in [-0.2, 0) is 11.2 Å². The van der Waals surface area contributed by atoms with Crippen molar-refractivity contribution >= 4 is 11.9 Å². The number of amides is 1. The first-order valence-electron chi connectivity index (χ1n) is 11.1. The second-order valence-corrected chi connectivity index (χ2v) is 10.1. The van der Waals surface area contributed by atoms with Gasteiger partial charge in [-0.25, -0.2) is 9.97 Å². The molecule has 1 aliphatic carbocycles. The van der Waals surface area contributed by atoms with E-state index in [0.717, 1.165) is 43.1 Å². The Hall–Kier alpha value is -2.48. The van der Waals surface area contributed by atoms with E-state index in [1.165, 1.54) is 0 Å². The highest BCUT2D eigenvalue weighted by Gasteiger charge is 2.36. The first-order chi connectivity index (χ1) is 14.6. The summed E-state index contributed by atoms with van der Waals surface area (Å²) in [7, 11) is 0. The van der Waals surface area contributed by atoms with Crippen LogP contribution in [0.15, 0.2) is 16.8 Å². The molecule has 31 heavy (non-hydrogen) atoms. The number of anilines is 1. The van der Waals surface area contributed by atoms with Crippen molar-refractivity contribution in [2.24, 2.45) is 5.41 Å². The van der Waals surface area contributed by atoms with E-state index in [9.17, 15) is 4.79 Å². The molecule has 8 heteroatoms. The van der Waals surface area contributed by atoms with E-state index in [0.29, 0.717) is 11.5 Å². The fraction of sp³-hybridized carbons (Fsp3) is 0.652. The number of nitrogens with zero attached hydrogens (tertiary/aromatic N) is 4. The molecule has 1 amide bonds. The van der Waals surface area contributed by atoms with Crippen molar-refractivity contribution in [3.63, 3.8) is 0 Å². The maximum atomic E-state index is 12.9. The summed E-state index contributed by atoms with van der Waals surface area (Å²) in [5, 5.41) is 7.09. The molecule has 1 aliphatic heterocycles. The van der Waals surface area contributed by atoms with Gasteiger partial charge >= 0.3 is 0 Å². The number of fused-ring (bicyclic) bond motifs is 1. The van der Waals surface area contributed by atoms with Crippen molar-refractivity contribution in [2.45, 2.75) is 78.6 Å². The molecule has 0 bridgehead atoms. The van der Waals surface area contributed by atoms with Gasteiger partial charge < -0.3 is 19.5 Å². The first kappa shape index (κ1) is 21.7. The number of nitrogens with one attached hydrogen (secondary N) is 1. The average molecular weight is 428 g/mol. The van der Waals surface area contributed by atoms with Gasteiger partial charge in [0, 0.05) is 36.8 Å². The van der Waals surface area contributed by atoms with Gasteiger partial charge in [-0.1, -0.05) is 32.9 Å². The molecule has 2 aliphatic rings. The van der Waals surface area contributed by atoms with Gasteiger partial charge in [-0.2, -0.15) is 0 Å². The molecule has 8 nitrogen and oxygen atoms in total. The zero-order valence-corrected chi connectivity index (χ0v) is 19.3. The zero-order chi connectivity index (χ0) is 22.3. The Morgan fingerprint density at radius 3 is 2.61 bits per heavy atom. The Balaban J connectivity index is 1.57. The molecule has 1 N–H and O–H groups in total. The molecule has 2 aromatic rings. The van der Waals surface area contributed by atoms with Gasteiger partial charge in [-0.15, -0.1) is 0 Å². The van der Waals surface area contributed by atoms with Crippen LogP contribution < -0.4 is 10.2 Å². The predicted octanol–water partition coefficient (Wildman–Crippen LogP) is 3.65. The number of ether oxygens (including phenoxy) is 1. The molecule has 0 radical (unpaired) electrons. The number of carbonyl (C=O) groups is 1. The molecule has 0 saturated carbocycles. The fourth-order valence-corrected chi connectivity index (χ4v) is 4.56. The van der Waals surface area contributed by atoms with Gasteiger partial charge in [0.05, 0.1) is 23.9 Å². The molecule has 0 unspecified atom stereocenters. The summed E-state index contributed by atoms with van der Waals surface area (Å²) < 4.78 is 11.1. The fourth-order valence-electron chi connectivity index (χ4n) is 4.56. The van der Waals surface area contributed by atoms with Crippen molar-refractivity contribution in [1.29, 1.82) is 0 Å². The summed E-state index contributed by atoms with van der Waals surface area (Å²) >= 11 is 0. The molecule has 4 rings (SSSR count). The molecule has 3 atom stereocenters. The molecule has 0 aromatic carbocycles. The van der Waals surface area contributed by atoms with Gasteiger partial charge in [-0.05, 0) is 32.1 Å². The largest absolute Gasteiger partial charge is 0.372 e. The molecule has 1 saturated heterocycles. The summed E-state index contributed by atoms with van der Waals surface area (Å²) in [6.07, 6.45) is 3.83. The van der Waals surface area contributed by atoms with Crippen LogP contribution in [-0.4, -0.2) is 46.3 Å². The summed E-state index contributed by atoms with van der Waals surface area (Å²) in [5.41, 5.74) is 2.30. The number of carbonyl (C=O) groups excluding carboxylic acids is 1. The lowest BCUT2D eigenvalue weighted by atomic mass is 9.74. The number of aromatic nitrogens is 3. The van der Waals surface area contributed by atoms with Crippen molar-refractivity contribution in [2.75, 3.05) is 18.0 Å². The van der Waals surface area contributed by atoms with Crippen LogP contribution in [0.4, 0.5) is 5.95 Å². The first-order valence-corrected chi connectivity index (χ1v) is 11.1. The third-order valence-electron chi connectivity index (χ3n) is 6.00. The Bertz CT molecular complexity index is 944. The topological polar surface area (TPSA) is 93.4 Å². The monoisotopic (exact) mass is 427 g/mol. The molecule has 3 heterocycles. The lowest BCUT2D eigenvalue weighted by Crippen LogP contribution is -2.46. The molecule has 0 spiro atoms. The van der Waals surface area contributed by atoms with Crippen LogP contribution in [0.3, 0.4) is 0 Å². The van der Waals surface area contributed by atoms with E-state index in [1.54, 1.807) is 6.07 Å². The van der Waals surface area contributed by atoms with E-state index in [4.69, 9.17) is 14.2 Å². The van der Waals surface area contributed by atoms with Crippen LogP contribution in [0.2, 0.25) is 0 Å².